The number of para-hydroxylation sites is 1. The molecule has 2 aromatic carbocycles. The maximum atomic E-state index is 13.5. The molecule has 1 aliphatic heterocycles. The number of likely N-dealkylation sites (tertiary alicyclic amines) is 1. The van der Waals surface area contributed by atoms with Crippen LogP contribution < -0.4 is 10.6 Å². The number of aryl methyl sites for hydroxylation is 1. The van der Waals surface area contributed by atoms with Gasteiger partial charge in [0.2, 0.25) is 11.8 Å². The van der Waals surface area contributed by atoms with Gasteiger partial charge in [-0.05, 0) is 84.6 Å². The fraction of sp³-hybridized carbons (Fsp3) is 0.486. The van der Waals surface area contributed by atoms with Crippen LogP contribution >= 0.6 is 0 Å². The molecule has 0 aliphatic carbocycles. The Kier molecular flexibility index (Phi) is 11.9. The van der Waals surface area contributed by atoms with Crippen LogP contribution in [0.1, 0.15) is 76.9 Å². The van der Waals surface area contributed by atoms with Crippen molar-refractivity contribution in [3.63, 3.8) is 0 Å². The number of carbonyl (C=O) groups is 5. The first-order chi connectivity index (χ1) is 23.5. The van der Waals surface area contributed by atoms with Gasteiger partial charge in [-0.15, -0.1) is 0 Å². The molecule has 0 unspecified atom stereocenters. The monoisotopic (exact) mass is 691 g/mol. The maximum Gasteiger partial charge on any atom is 0.419 e. The van der Waals surface area contributed by atoms with E-state index in [1.165, 1.54) is 4.90 Å². The largest absolute Gasteiger partial charge is 0.455 e. The molecule has 13 heteroatoms. The molecule has 50 heavy (non-hydrogen) atoms. The van der Waals surface area contributed by atoms with Gasteiger partial charge in [-0.2, -0.15) is 0 Å². The summed E-state index contributed by atoms with van der Waals surface area (Å²) in [6.07, 6.45) is 0.794. The molecule has 0 saturated carbocycles. The fourth-order valence-corrected chi connectivity index (χ4v) is 5.70. The minimum Gasteiger partial charge on any atom is -0.455 e. The van der Waals surface area contributed by atoms with E-state index in [1.807, 2.05) is 12.1 Å². The van der Waals surface area contributed by atoms with Crippen LogP contribution in [-0.2, 0) is 25.5 Å². The third-order valence-electron chi connectivity index (χ3n) is 8.10. The Labute approximate surface area is 292 Å². The number of carbonyl (C=O) groups excluding carboxylic acids is 5. The van der Waals surface area contributed by atoms with E-state index in [2.05, 4.69) is 10.6 Å². The van der Waals surface area contributed by atoms with Crippen molar-refractivity contribution in [2.75, 3.05) is 43.9 Å². The van der Waals surface area contributed by atoms with Crippen molar-refractivity contribution in [1.82, 2.24) is 14.4 Å². The van der Waals surface area contributed by atoms with E-state index in [4.69, 9.17) is 14.6 Å². The number of anilines is 2. The molecule has 1 aliphatic rings. The van der Waals surface area contributed by atoms with Gasteiger partial charge >= 0.3 is 18.1 Å². The molecule has 0 bridgehead atoms. The van der Waals surface area contributed by atoms with Crippen LogP contribution in [0.3, 0.4) is 0 Å². The Morgan fingerprint density at radius 2 is 1.50 bits per heavy atom. The summed E-state index contributed by atoms with van der Waals surface area (Å²) in [5.74, 6) is -1.33. The zero-order valence-electron chi connectivity index (χ0n) is 30.0. The van der Waals surface area contributed by atoms with Gasteiger partial charge in [0.25, 0.3) is 0 Å². The van der Waals surface area contributed by atoms with Gasteiger partial charge in [-0.3, -0.25) is 9.59 Å². The Balaban J connectivity index is 1.41. The van der Waals surface area contributed by atoms with Gasteiger partial charge in [-0.1, -0.05) is 30.3 Å². The Bertz CT molecular complexity index is 1710. The minimum absolute atomic E-state index is 0.0144. The summed E-state index contributed by atoms with van der Waals surface area (Å²) in [7, 11) is 1.67. The molecule has 3 aromatic rings. The van der Waals surface area contributed by atoms with Crippen LogP contribution in [0.15, 0.2) is 48.5 Å². The predicted octanol–water partition coefficient (Wildman–Crippen LogP) is 5.65. The molecule has 2 heterocycles. The lowest BCUT2D eigenvalue weighted by molar-refractivity contribution is -0.136. The number of hydrogen-bond donors (Lipinski definition) is 3. The van der Waals surface area contributed by atoms with Crippen molar-refractivity contribution in [1.29, 1.82) is 0 Å². The van der Waals surface area contributed by atoms with Gasteiger partial charge in [0.15, 0.2) is 5.69 Å². The molecule has 13 nitrogen and oxygen atoms in total. The number of amides is 4. The highest BCUT2D eigenvalue weighted by atomic mass is 16.6. The van der Waals surface area contributed by atoms with E-state index in [0.717, 1.165) is 10.1 Å². The molecule has 0 radical (unpaired) electrons. The maximum absolute atomic E-state index is 13.5. The second kappa shape index (κ2) is 15.8. The average molecular weight is 692 g/mol. The Morgan fingerprint density at radius 1 is 0.880 bits per heavy atom. The van der Waals surface area contributed by atoms with Crippen LogP contribution in [0, 0.1) is 5.92 Å². The number of aromatic nitrogens is 1. The van der Waals surface area contributed by atoms with Gasteiger partial charge < -0.3 is 35.0 Å². The number of likely N-dealkylation sites (N-methyl/N-ethyl adjacent to an activating group) is 1. The quantitative estimate of drug-likeness (QED) is 0.243. The number of fused-ring (bicyclic) bond motifs is 1. The zero-order chi connectivity index (χ0) is 36.8. The van der Waals surface area contributed by atoms with E-state index < -0.39 is 23.3 Å². The highest BCUT2D eigenvalue weighted by Crippen LogP contribution is 2.34. The molecule has 270 valence electrons. The number of nitrogens with zero attached hydrogens (tertiary/aromatic N) is 3. The highest BCUT2D eigenvalue weighted by Gasteiger charge is 2.33. The number of piperidine rings is 1. The number of nitrogens with one attached hydrogen (secondary N) is 2. The van der Waals surface area contributed by atoms with Crippen molar-refractivity contribution in [2.45, 2.75) is 78.4 Å². The smallest absolute Gasteiger partial charge is 0.419 e. The number of rotatable bonds is 9. The summed E-state index contributed by atoms with van der Waals surface area (Å²) in [6.45, 7) is 11.4. The lowest BCUT2D eigenvalue weighted by Gasteiger charge is -2.33. The lowest BCUT2D eigenvalue weighted by Crippen LogP contribution is -2.45. The zero-order valence-corrected chi connectivity index (χ0v) is 30.0. The number of aliphatic hydroxyl groups is 1. The second-order valence-electron chi connectivity index (χ2n) is 14.5. The number of esters is 1. The second-order valence-corrected chi connectivity index (χ2v) is 14.5. The van der Waals surface area contributed by atoms with Gasteiger partial charge in [0, 0.05) is 50.1 Å². The average Bonchev–Trinajstić information content (AvgIpc) is 3.37. The summed E-state index contributed by atoms with van der Waals surface area (Å²) in [5.41, 5.74) is 0.165. The fourth-order valence-electron chi connectivity index (χ4n) is 5.70. The molecule has 1 saturated heterocycles. The van der Waals surface area contributed by atoms with E-state index in [9.17, 15) is 24.0 Å². The standard InChI is InChI=1S/C37H49N5O8/c1-36(2,3)49-33(46)31-30(27-10-8-9-11-28(27)42(31)35(48)50-37(4,5)6)39-29(44)17-14-24-12-15-26(16-13-24)38-34(47)41-20-18-25(19-21-41)32(45)40(7)22-23-43/h8-13,15-16,25,43H,14,17-23H2,1-7H3,(H,38,47)(H,39,44). The topological polar surface area (TPSA) is 160 Å². The molecule has 1 aromatic heterocycles. The van der Waals surface area contributed by atoms with Crippen LogP contribution in [-0.4, -0.2) is 93.9 Å². The first-order valence-electron chi connectivity index (χ1n) is 16.9. The van der Waals surface area contributed by atoms with Crippen molar-refractivity contribution < 1.29 is 38.6 Å². The molecule has 3 N–H and O–H groups in total. The number of hydrogen-bond acceptors (Lipinski definition) is 8. The molecule has 4 rings (SSSR count). The molecular formula is C37H49N5O8. The SMILES string of the molecule is CN(CCO)C(=O)C1CCN(C(=O)Nc2ccc(CCC(=O)Nc3c(C(=O)OC(C)(C)C)n(C(=O)OC(C)(C)C)c4ccccc34)cc2)CC1. The van der Waals surface area contributed by atoms with Crippen molar-refractivity contribution in [3.8, 4) is 0 Å². The number of benzene rings is 2. The van der Waals surface area contributed by atoms with E-state index in [-0.39, 0.29) is 54.7 Å². The van der Waals surface area contributed by atoms with Gasteiger partial charge in [0.05, 0.1) is 17.8 Å². The van der Waals surface area contributed by atoms with Gasteiger partial charge in [-0.25, -0.2) is 19.0 Å². The summed E-state index contributed by atoms with van der Waals surface area (Å²) >= 11 is 0. The highest BCUT2D eigenvalue weighted by molar-refractivity contribution is 6.14. The van der Waals surface area contributed by atoms with Crippen molar-refractivity contribution in [3.05, 3.63) is 59.8 Å². The van der Waals surface area contributed by atoms with Gasteiger partial charge in [0.1, 0.15) is 11.2 Å². The van der Waals surface area contributed by atoms with Crippen LogP contribution in [0.5, 0.6) is 0 Å². The Hall–Kier alpha value is -4.91. The van der Waals surface area contributed by atoms with Crippen LogP contribution in [0.25, 0.3) is 10.9 Å². The van der Waals surface area contributed by atoms with Crippen LogP contribution in [0.4, 0.5) is 21.0 Å². The summed E-state index contributed by atoms with van der Waals surface area (Å²) in [6, 6.07) is 13.8. The first-order valence-corrected chi connectivity index (χ1v) is 16.9. The van der Waals surface area contributed by atoms with Crippen molar-refractivity contribution >= 4 is 52.2 Å². The number of ether oxygens (including phenoxy) is 2. The summed E-state index contributed by atoms with van der Waals surface area (Å²) in [4.78, 5) is 68.9. The Morgan fingerprint density at radius 3 is 2.10 bits per heavy atom. The predicted molar refractivity (Wildman–Crippen MR) is 190 cm³/mol. The summed E-state index contributed by atoms with van der Waals surface area (Å²) < 4.78 is 12.4. The van der Waals surface area contributed by atoms with E-state index >= 15 is 0 Å². The normalized spacial score (nSPS) is 13.9. The minimum atomic E-state index is -0.866. The van der Waals surface area contributed by atoms with E-state index in [1.54, 1.807) is 89.9 Å². The van der Waals surface area contributed by atoms with Crippen LogP contribution in [0.2, 0.25) is 0 Å². The van der Waals surface area contributed by atoms with E-state index in [0.29, 0.717) is 48.9 Å². The molecule has 4 amide bonds. The lowest BCUT2D eigenvalue weighted by atomic mass is 9.95. The third kappa shape index (κ3) is 9.84. The molecular weight excluding hydrogens is 642 g/mol. The number of aliphatic hydroxyl groups excluding tert-OH is 1. The molecule has 1 fully saturated rings. The summed E-state index contributed by atoms with van der Waals surface area (Å²) in [5, 5.41) is 15.3. The first kappa shape index (κ1) is 37.9. The molecule has 0 atom stereocenters. The third-order valence-corrected chi connectivity index (χ3v) is 8.10. The van der Waals surface area contributed by atoms with Crippen molar-refractivity contribution in [2.24, 2.45) is 5.92 Å². The number of urea groups is 1. The molecule has 0 spiro atoms.